The van der Waals surface area contributed by atoms with Gasteiger partial charge in [-0.25, -0.2) is 4.68 Å². The summed E-state index contributed by atoms with van der Waals surface area (Å²) in [5.41, 5.74) is 7.41. The zero-order valence-electron chi connectivity index (χ0n) is 11.6. The summed E-state index contributed by atoms with van der Waals surface area (Å²) >= 11 is 6.05. The molecule has 1 unspecified atom stereocenters. The first-order valence-electron chi connectivity index (χ1n) is 6.59. The van der Waals surface area contributed by atoms with Crippen molar-refractivity contribution in [1.29, 1.82) is 0 Å². The predicted molar refractivity (Wildman–Crippen MR) is 79.1 cm³/mol. The fraction of sp³-hybridized carbons (Fsp3) is 0.385. The molecular weight excluding hydrogens is 294 g/mol. The highest BCUT2D eigenvalue weighted by molar-refractivity contribution is 6.31. The van der Waals surface area contributed by atoms with Crippen LogP contribution in [0.2, 0.25) is 5.02 Å². The zero-order chi connectivity index (χ0) is 15.4. The van der Waals surface area contributed by atoms with E-state index in [1.54, 1.807) is 16.9 Å². The summed E-state index contributed by atoms with van der Waals surface area (Å²) in [6, 6.07) is 4.24. The van der Waals surface area contributed by atoms with Gasteiger partial charge in [-0.15, -0.1) is 5.10 Å². The molecule has 0 fully saturated rings. The Morgan fingerprint density at radius 2 is 2.29 bits per heavy atom. The second-order valence-corrected chi connectivity index (χ2v) is 5.18. The van der Waals surface area contributed by atoms with E-state index in [-0.39, 0.29) is 11.7 Å². The van der Waals surface area contributed by atoms with Gasteiger partial charge in [0.05, 0.1) is 34.4 Å². The fourth-order valence-corrected chi connectivity index (χ4v) is 2.21. The van der Waals surface area contributed by atoms with E-state index in [2.05, 4.69) is 17.2 Å². The molecule has 1 aromatic heterocycles. The van der Waals surface area contributed by atoms with Crippen molar-refractivity contribution in [3.63, 3.8) is 0 Å². The fourth-order valence-electron chi connectivity index (χ4n) is 1.97. The first-order valence-corrected chi connectivity index (χ1v) is 6.97. The third kappa shape index (κ3) is 3.77. The van der Waals surface area contributed by atoms with Gasteiger partial charge >= 0.3 is 0 Å². The largest absolute Gasteiger partial charge is 0.323 e. The quantitative estimate of drug-likeness (QED) is 0.653. The van der Waals surface area contributed by atoms with Crippen molar-refractivity contribution < 1.29 is 4.92 Å². The number of hydrogen-bond acceptors (Lipinski definition) is 5. The molecule has 0 saturated heterocycles. The number of aromatic nitrogens is 3. The molecule has 2 aromatic rings. The maximum Gasteiger partial charge on any atom is 0.270 e. The zero-order valence-corrected chi connectivity index (χ0v) is 12.3. The van der Waals surface area contributed by atoms with Crippen molar-refractivity contribution in [3.05, 3.63) is 50.8 Å². The molecule has 0 amide bonds. The summed E-state index contributed by atoms with van der Waals surface area (Å²) in [5, 5.41) is 19.1. The predicted octanol–water partition coefficient (Wildman–Crippen LogP) is 2.69. The topological polar surface area (TPSA) is 99.9 Å². The van der Waals surface area contributed by atoms with Crippen LogP contribution in [0.4, 0.5) is 5.69 Å². The first-order chi connectivity index (χ1) is 10.0. The lowest BCUT2D eigenvalue weighted by molar-refractivity contribution is -0.384. The van der Waals surface area contributed by atoms with E-state index in [0.717, 1.165) is 24.1 Å². The van der Waals surface area contributed by atoms with Crippen LogP contribution < -0.4 is 5.73 Å². The maximum absolute atomic E-state index is 10.7. The van der Waals surface area contributed by atoms with Crippen LogP contribution in [0.5, 0.6) is 0 Å². The van der Waals surface area contributed by atoms with Crippen LogP contribution in [0.1, 0.15) is 37.1 Å². The van der Waals surface area contributed by atoms with E-state index in [0.29, 0.717) is 11.6 Å². The molecule has 0 saturated carbocycles. The van der Waals surface area contributed by atoms with Crippen LogP contribution in [0.3, 0.4) is 0 Å². The molecule has 1 atom stereocenters. The van der Waals surface area contributed by atoms with E-state index < -0.39 is 4.92 Å². The van der Waals surface area contributed by atoms with Gasteiger partial charge in [-0.05, 0) is 18.1 Å². The number of benzene rings is 1. The number of rotatable bonds is 6. The van der Waals surface area contributed by atoms with E-state index in [1.165, 1.54) is 12.1 Å². The van der Waals surface area contributed by atoms with Gasteiger partial charge in [0.1, 0.15) is 0 Å². The molecule has 8 heteroatoms. The van der Waals surface area contributed by atoms with Gasteiger partial charge in [0.15, 0.2) is 0 Å². The minimum absolute atomic E-state index is 0.0343. The molecule has 0 aliphatic carbocycles. The molecule has 2 N–H and O–H groups in total. The van der Waals surface area contributed by atoms with E-state index >= 15 is 0 Å². The van der Waals surface area contributed by atoms with E-state index in [4.69, 9.17) is 17.3 Å². The summed E-state index contributed by atoms with van der Waals surface area (Å²) in [5.74, 6) is 0. The number of nitrogens with two attached hydrogens (primary N) is 1. The highest BCUT2D eigenvalue weighted by atomic mass is 35.5. The van der Waals surface area contributed by atoms with Crippen molar-refractivity contribution in [3.8, 4) is 0 Å². The minimum Gasteiger partial charge on any atom is -0.323 e. The Kier molecular flexibility index (Phi) is 4.87. The Bertz CT molecular complexity index is 643. The second-order valence-electron chi connectivity index (χ2n) is 4.77. The first kappa shape index (κ1) is 15.4. The molecule has 2 rings (SSSR count). The van der Waals surface area contributed by atoms with Crippen LogP contribution >= 0.6 is 11.6 Å². The number of non-ortho nitro benzene ring substituents is 1. The summed E-state index contributed by atoms with van der Waals surface area (Å²) in [6.07, 6.45) is 3.59. The van der Waals surface area contributed by atoms with Crippen LogP contribution in [-0.2, 0) is 6.54 Å². The van der Waals surface area contributed by atoms with Gasteiger partial charge in [0.25, 0.3) is 5.69 Å². The Morgan fingerprint density at radius 3 is 2.90 bits per heavy atom. The molecule has 1 heterocycles. The standard InChI is InChI=1S/C13H16ClN5O2/c1-2-3-12(15)13-8-18(17-16-13)7-9-4-5-10(19(20)21)6-11(9)14/h4-6,8,12H,2-3,7,15H2,1H3. The van der Waals surface area contributed by atoms with Gasteiger partial charge in [-0.1, -0.05) is 30.2 Å². The van der Waals surface area contributed by atoms with E-state index in [1.807, 2.05) is 0 Å². The third-order valence-corrected chi connectivity index (χ3v) is 3.47. The minimum atomic E-state index is -0.479. The van der Waals surface area contributed by atoms with Gasteiger partial charge in [0.2, 0.25) is 0 Å². The molecule has 0 bridgehead atoms. The smallest absolute Gasteiger partial charge is 0.270 e. The summed E-state index contributed by atoms with van der Waals surface area (Å²) in [4.78, 5) is 10.2. The average Bonchev–Trinajstić information content (AvgIpc) is 2.90. The van der Waals surface area contributed by atoms with Crippen LogP contribution in [0.15, 0.2) is 24.4 Å². The monoisotopic (exact) mass is 309 g/mol. The van der Waals surface area contributed by atoms with Gasteiger partial charge in [-0.3, -0.25) is 10.1 Å². The molecule has 0 spiro atoms. The Labute approximate surface area is 126 Å². The van der Waals surface area contributed by atoms with Crippen LogP contribution in [-0.4, -0.2) is 19.9 Å². The normalized spacial score (nSPS) is 12.3. The summed E-state index contributed by atoms with van der Waals surface area (Å²) in [7, 11) is 0. The van der Waals surface area contributed by atoms with Crippen molar-refractivity contribution >= 4 is 17.3 Å². The summed E-state index contributed by atoms with van der Waals surface area (Å²) in [6.45, 7) is 2.45. The van der Waals surface area contributed by atoms with Gasteiger partial charge in [-0.2, -0.15) is 0 Å². The van der Waals surface area contributed by atoms with Crippen molar-refractivity contribution in [2.75, 3.05) is 0 Å². The third-order valence-electron chi connectivity index (χ3n) is 3.12. The average molecular weight is 310 g/mol. The van der Waals surface area contributed by atoms with Crippen molar-refractivity contribution in [1.82, 2.24) is 15.0 Å². The van der Waals surface area contributed by atoms with Gasteiger partial charge < -0.3 is 5.73 Å². The molecule has 1 aromatic carbocycles. The van der Waals surface area contributed by atoms with E-state index in [9.17, 15) is 10.1 Å². The molecule has 0 radical (unpaired) electrons. The SMILES string of the molecule is CCCC(N)c1cn(Cc2ccc([N+](=O)[O-])cc2Cl)nn1. The van der Waals surface area contributed by atoms with Crippen molar-refractivity contribution in [2.24, 2.45) is 5.73 Å². The molecule has 112 valence electrons. The lowest BCUT2D eigenvalue weighted by Crippen LogP contribution is -2.10. The number of nitrogens with zero attached hydrogens (tertiary/aromatic N) is 4. The Morgan fingerprint density at radius 1 is 1.52 bits per heavy atom. The summed E-state index contributed by atoms with van der Waals surface area (Å²) < 4.78 is 1.62. The number of nitro groups is 1. The van der Waals surface area contributed by atoms with Gasteiger partial charge in [0, 0.05) is 12.1 Å². The lowest BCUT2D eigenvalue weighted by atomic mass is 10.1. The Balaban J connectivity index is 2.13. The highest BCUT2D eigenvalue weighted by Gasteiger charge is 2.12. The highest BCUT2D eigenvalue weighted by Crippen LogP contribution is 2.23. The Hall–Kier alpha value is -1.99. The number of nitro benzene ring substituents is 1. The number of hydrogen-bond donors (Lipinski definition) is 1. The molecule has 0 aliphatic rings. The molecule has 0 aliphatic heterocycles. The second kappa shape index (κ2) is 6.64. The van der Waals surface area contributed by atoms with Crippen molar-refractivity contribution in [2.45, 2.75) is 32.4 Å². The van der Waals surface area contributed by atoms with Crippen LogP contribution in [0, 0.1) is 10.1 Å². The molecule has 7 nitrogen and oxygen atoms in total. The molecule has 21 heavy (non-hydrogen) atoms. The van der Waals surface area contributed by atoms with Crippen LogP contribution in [0.25, 0.3) is 0 Å². The number of halogens is 1. The molecular formula is C13H16ClN5O2. The lowest BCUT2D eigenvalue weighted by Gasteiger charge is -2.05. The maximum atomic E-state index is 10.7.